The third kappa shape index (κ3) is 2.91. The van der Waals surface area contributed by atoms with Crippen molar-refractivity contribution in [3.05, 3.63) is 41.0 Å². The Kier molecular flexibility index (Phi) is 4.95. The van der Waals surface area contributed by atoms with E-state index in [0.717, 1.165) is 16.7 Å². The Bertz CT molecular complexity index is 854. The zero-order valence-electron chi connectivity index (χ0n) is 16.4. The summed E-state index contributed by atoms with van der Waals surface area (Å²) in [5.41, 5.74) is 2.96. The summed E-state index contributed by atoms with van der Waals surface area (Å²) in [6, 6.07) is 7.45. The summed E-state index contributed by atoms with van der Waals surface area (Å²) in [5, 5.41) is 10.4. The highest BCUT2D eigenvalue weighted by molar-refractivity contribution is 5.58. The van der Waals surface area contributed by atoms with E-state index in [1.54, 1.807) is 34.5 Å². The quantitative estimate of drug-likeness (QED) is 0.844. The number of phenols is 1. The lowest BCUT2D eigenvalue weighted by atomic mass is 9.75. The number of ether oxygens (including phenoxy) is 6. The van der Waals surface area contributed by atoms with Gasteiger partial charge in [-0.05, 0) is 41.0 Å². The topological polar surface area (TPSA) is 75.6 Å². The first-order valence-electron chi connectivity index (χ1n) is 9.04. The number of hydrogen-bond donors (Lipinski definition) is 1. The fourth-order valence-electron chi connectivity index (χ4n) is 4.19. The molecule has 2 aromatic carbocycles. The van der Waals surface area contributed by atoms with E-state index in [2.05, 4.69) is 0 Å². The lowest BCUT2D eigenvalue weighted by molar-refractivity contribution is 0.0378. The van der Waals surface area contributed by atoms with Gasteiger partial charge in [0.1, 0.15) is 6.79 Å². The van der Waals surface area contributed by atoms with Crippen LogP contribution in [0.5, 0.6) is 28.7 Å². The summed E-state index contributed by atoms with van der Waals surface area (Å²) in [6.45, 7) is 0.243. The van der Waals surface area contributed by atoms with E-state index < -0.39 is 0 Å². The van der Waals surface area contributed by atoms with Crippen molar-refractivity contribution in [2.45, 2.75) is 24.5 Å². The van der Waals surface area contributed by atoms with E-state index in [4.69, 9.17) is 28.4 Å². The second-order valence-electron chi connectivity index (χ2n) is 6.82. The van der Waals surface area contributed by atoms with Gasteiger partial charge in [0.2, 0.25) is 5.75 Å². The molecule has 1 heterocycles. The minimum absolute atomic E-state index is 0.0779. The van der Waals surface area contributed by atoms with Crippen LogP contribution in [0, 0.1) is 0 Å². The van der Waals surface area contributed by atoms with E-state index >= 15 is 0 Å². The molecule has 0 radical (unpaired) electrons. The molecule has 28 heavy (non-hydrogen) atoms. The van der Waals surface area contributed by atoms with Crippen LogP contribution in [0.2, 0.25) is 0 Å². The Labute approximate surface area is 163 Å². The van der Waals surface area contributed by atoms with Crippen molar-refractivity contribution >= 4 is 0 Å². The van der Waals surface area contributed by atoms with Gasteiger partial charge >= 0.3 is 0 Å². The van der Waals surface area contributed by atoms with Crippen molar-refractivity contribution in [3.8, 4) is 28.7 Å². The molecule has 2 aliphatic rings. The van der Waals surface area contributed by atoms with E-state index in [1.807, 2.05) is 18.2 Å². The minimum atomic E-state index is -0.178. The number of phenolic OH excluding ortho intramolecular Hbond substituents is 1. The second kappa shape index (κ2) is 7.41. The Morgan fingerprint density at radius 2 is 1.54 bits per heavy atom. The smallest absolute Gasteiger partial charge is 0.203 e. The molecule has 0 spiro atoms. The van der Waals surface area contributed by atoms with Crippen molar-refractivity contribution in [2.75, 3.05) is 35.2 Å². The maximum absolute atomic E-state index is 10.4. The highest BCUT2D eigenvalue weighted by Gasteiger charge is 2.43. The first-order valence-corrected chi connectivity index (χ1v) is 9.04. The molecule has 3 unspecified atom stereocenters. The molecule has 1 aliphatic heterocycles. The maximum Gasteiger partial charge on any atom is 0.203 e. The van der Waals surface area contributed by atoms with Crippen molar-refractivity contribution in [1.82, 2.24) is 0 Å². The summed E-state index contributed by atoms with van der Waals surface area (Å²) in [4.78, 5) is 0. The molecular formula is C21H24O7. The maximum atomic E-state index is 10.4. The Balaban J connectivity index is 1.90. The normalized spacial score (nSPS) is 22.9. The summed E-state index contributed by atoms with van der Waals surface area (Å²) in [7, 11) is 6.29. The van der Waals surface area contributed by atoms with Gasteiger partial charge in [-0.25, -0.2) is 0 Å². The van der Waals surface area contributed by atoms with Gasteiger partial charge < -0.3 is 33.5 Å². The van der Waals surface area contributed by atoms with Crippen LogP contribution in [0.15, 0.2) is 24.3 Å². The van der Waals surface area contributed by atoms with Crippen molar-refractivity contribution < 1.29 is 33.5 Å². The second-order valence-corrected chi connectivity index (χ2v) is 6.82. The van der Waals surface area contributed by atoms with E-state index in [9.17, 15) is 5.11 Å². The van der Waals surface area contributed by atoms with Crippen LogP contribution >= 0.6 is 0 Å². The van der Waals surface area contributed by atoms with Gasteiger partial charge in [0.25, 0.3) is 0 Å². The largest absolute Gasteiger partial charge is 0.504 e. The lowest BCUT2D eigenvalue weighted by Gasteiger charge is -2.34. The molecule has 2 aromatic rings. The minimum Gasteiger partial charge on any atom is -0.504 e. The zero-order chi connectivity index (χ0) is 19.8. The Morgan fingerprint density at radius 1 is 0.857 bits per heavy atom. The van der Waals surface area contributed by atoms with Gasteiger partial charge in [0, 0.05) is 12.3 Å². The highest BCUT2D eigenvalue weighted by atomic mass is 16.7. The van der Waals surface area contributed by atoms with Crippen molar-refractivity contribution in [3.63, 3.8) is 0 Å². The number of benzene rings is 2. The zero-order valence-corrected chi connectivity index (χ0v) is 16.4. The van der Waals surface area contributed by atoms with E-state index in [1.165, 1.54) is 0 Å². The van der Waals surface area contributed by atoms with E-state index in [0.29, 0.717) is 29.4 Å². The first-order chi connectivity index (χ1) is 13.6. The molecule has 7 heteroatoms. The molecule has 4 rings (SSSR count). The number of fused-ring (bicyclic) bond motifs is 2. The summed E-state index contributed by atoms with van der Waals surface area (Å²) in [5.74, 6) is 2.04. The Morgan fingerprint density at radius 3 is 2.14 bits per heavy atom. The van der Waals surface area contributed by atoms with Gasteiger partial charge in [-0.1, -0.05) is 0 Å². The first kappa shape index (κ1) is 18.7. The number of aromatic hydroxyl groups is 1. The predicted octanol–water partition coefficient (Wildman–Crippen LogP) is 2.86. The van der Waals surface area contributed by atoms with Crippen molar-refractivity contribution in [1.29, 1.82) is 0 Å². The number of hydrogen-bond acceptors (Lipinski definition) is 7. The summed E-state index contributed by atoms with van der Waals surface area (Å²) >= 11 is 0. The standard InChI is InChI=1S/C21H24O7/c1-23-15-5-11-6-18-21(28-10-27-18)19(13(11)9-14(15)22)12-7-16(24-2)20(26-4)17(8-12)25-3/h5,7-9,18-19,21-22H,6,10H2,1-4H3. The average Bonchev–Trinajstić information content (AvgIpc) is 3.18. The third-order valence-corrected chi connectivity index (χ3v) is 5.48. The molecule has 7 nitrogen and oxygen atoms in total. The number of methoxy groups -OCH3 is 4. The molecule has 0 aromatic heterocycles. The SMILES string of the molecule is COc1cc2c(cc1O)C(c1cc(OC)c(OC)c(OC)c1)C1OCOC1C2. The third-order valence-electron chi connectivity index (χ3n) is 5.48. The molecule has 0 amide bonds. The van der Waals surface area contributed by atoms with Crippen LogP contribution in [0.4, 0.5) is 0 Å². The van der Waals surface area contributed by atoms with Crippen LogP contribution in [0.1, 0.15) is 22.6 Å². The van der Waals surface area contributed by atoms with Crippen LogP contribution in [0.3, 0.4) is 0 Å². The molecule has 0 bridgehead atoms. The van der Waals surface area contributed by atoms with Crippen LogP contribution < -0.4 is 18.9 Å². The molecule has 150 valence electrons. The van der Waals surface area contributed by atoms with Crippen LogP contribution in [-0.4, -0.2) is 52.5 Å². The monoisotopic (exact) mass is 388 g/mol. The molecule has 1 aliphatic carbocycles. The van der Waals surface area contributed by atoms with Gasteiger partial charge in [0.05, 0.1) is 40.6 Å². The molecule has 1 N–H and O–H groups in total. The van der Waals surface area contributed by atoms with Gasteiger partial charge in [0.15, 0.2) is 23.0 Å². The molecule has 1 saturated heterocycles. The lowest BCUT2D eigenvalue weighted by Crippen LogP contribution is -2.36. The summed E-state index contributed by atoms with van der Waals surface area (Å²) < 4.78 is 33.5. The fraction of sp³-hybridized carbons (Fsp3) is 0.429. The van der Waals surface area contributed by atoms with Crippen LogP contribution in [-0.2, 0) is 15.9 Å². The average molecular weight is 388 g/mol. The fourth-order valence-corrected chi connectivity index (χ4v) is 4.19. The summed E-state index contributed by atoms with van der Waals surface area (Å²) in [6.07, 6.45) is 0.436. The van der Waals surface area contributed by atoms with Gasteiger partial charge in [-0.2, -0.15) is 0 Å². The van der Waals surface area contributed by atoms with E-state index in [-0.39, 0.29) is 30.7 Å². The Hall–Kier alpha value is -2.64. The van der Waals surface area contributed by atoms with Gasteiger partial charge in [-0.3, -0.25) is 0 Å². The van der Waals surface area contributed by atoms with Crippen LogP contribution in [0.25, 0.3) is 0 Å². The highest BCUT2D eigenvalue weighted by Crippen LogP contribution is 2.48. The molecule has 3 atom stereocenters. The predicted molar refractivity (Wildman–Crippen MR) is 101 cm³/mol. The van der Waals surface area contributed by atoms with Gasteiger partial charge in [-0.15, -0.1) is 0 Å². The molecule has 0 saturated carbocycles. The van der Waals surface area contributed by atoms with Crippen molar-refractivity contribution in [2.24, 2.45) is 0 Å². The molecular weight excluding hydrogens is 364 g/mol. The molecule has 1 fully saturated rings. The number of rotatable bonds is 5.